The van der Waals surface area contributed by atoms with Gasteiger partial charge in [-0.3, -0.25) is 4.79 Å². The fraction of sp³-hybridized carbons (Fsp3) is 0.562. The molecule has 126 valence electrons. The van der Waals surface area contributed by atoms with Gasteiger partial charge in [0.05, 0.1) is 23.7 Å². The molecule has 0 aliphatic carbocycles. The zero-order valence-electron chi connectivity index (χ0n) is 13.9. The fourth-order valence-electron chi connectivity index (χ4n) is 2.41. The summed E-state index contributed by atoms with van der Waals surface area (Å²) >= 11 is 0. The first kappa shape index (κ1) is 17.9. The van der Waals surface area contributed by atoms with Crippen molar-refractivity contribution in [2.24, 2.45) is 5.73 Å². The normalized spacial score (nSPS) is 21.9. The standard InChI is InChI=1S/C16H24BNO5/c1-15(2)16(3,4)23-17(22-15)11-7-5-6-10(8-11)14(21)12(19)9-13(18)20/h5-8,12,14,19,21H,9H2,1-4H3,(H2,18,20). The third kappa shape index (κ3) is 3.75. The molecular weight excluding hydrogens is 297 g/mol. The largest absolute Gasteiger partial charge is 0.494 e. The minimum Gasteiger partial charge on any atom is -0.399 e. The lowest BCUT2D eigenvalue weighted by molar-refractivity contribution is -0.121. The average Bonchev–Trinajstić information content (AvgIpc) is 2.66. The van der Waals surface area contributed by atoms with Gasteiger partial charge in [-0.05, 0) is 38.7 Å². The van der Waals surface area contributed by atoms with Gasteiger partial charge in [0, 0.05) is 0 Å². The van der Waals surface area contributed by atoms with Crippen molar-refractivity contribution in [1.29, 1.82) is 0 Å². The third-order valence-electron chi connectivity index (χ3n) is 4.55. The van der Waals surface area contributed by atoms with Gasteiger partial charge in [-0.25, -0.2) is 0 Å². The van der Waals surface area contributed by atoms with Crippen LogP contribution in [0.5, 0.6) is 0 Å². The van der Waals surface area contributed by atoms with E-state index in [0.717, 1.165) is 5.46 Å². The van der Waals surface area contributed by atoms with E-state index in [2.05, 4.69) is 0 Å². The van der Waals surface area contributed by atoms with Crippen LogP contribution in [0.15, 0.2) is 24.3 Å². The maximum Gasteiger partial charge on any atom is 0.494 e. The number of hydrogen-bond acceptors (Lipinski definition) is 5. The van der Waals surface area contributed by atoms with Crippen molar-refractivity contribution in [3.8, 4) is 0 Å². The van der Waals surface area contributed by atoms with E-state index in [9.17, 15) is 15.0 Å². The van der Waals surface area contributed by atoms with Crippen molar-refractivity contribution in [2.45, 2.75) is 57.5 Å². The molecule has 0 spiro atoms. The van der Waals surface area contributed by atoms with Crippen LogP contribution in [0.1, 0.15) is 45.8 Å². The number of nitrogens with two attached hydrogens (primary N) is 1. The minimum absolute atomic E-state index is 0.304. The topological polar surface area (TPSA) is 102 Å². The molecule has 2 rings (SSSR count). The number of aliphatic hydroxyl groups is 2. The van der Waals surface area contributed by atoms with E-state index in [0.29, 0.717) is 5.56 Å². The summed E-state index contributed by atoms with van der Waals surface area (Å²) in [5, 5.41) is 20.0. The van der Waals surface area contributed by atoms with Gasteiger partial charge in [-0.2, -0.15) is 0 Å². The molecule has 6 nitrogen and oxygen atoms in total. The number of amides is 1. The molecule has 1 saturated heterocycles. The second kappa shape index (κ2) is 6.24. The molecule has 2 atom stereocenters. The highest BCUT2D eigenvalue weighted by molar-refractivity contribution is 6.62. The SMILES string of the molecule is CC1(C)OB(c2cccc(C(O)C(O)CC(N)=O)c2)OC1(C)C. The van der Waals surface area contributed by atoms with Gasteiger partial charge in [0.15, 0.2) is 0 Å². The lowest BCUT2D eigenvalue weighted by Gasteiger charge is -2.32. The fourth-order valence-corrected chi connectivity index (χ4v) is 2.41. The average molecular weight is 321 g/mol. The first-order valence-electron chi connectivity index (χ1n) is 7.63. The highest BCUT2D eigenvalue weighted by Gasteiger charge is 2.51. The molecular formula is C16H24BNO5. The van der Waals surface area contributed by atoms with E-state index >= 15 is 0 Å². The van der Waals surface area contributed by atoms with E-state index in [1.807, 2.05) is 33.8 Å². The molecule has 0 saturated carbocycles. The Labute approximate surface area is 136 Å². The van der Waals surface area contributed by atoms with E-state index in [4.69, 9.17) is 15.0 Å². The van der Waals surface area contributed by atoms with Gasteiger partial charge < -0.3 is 25.3 Å². The van der Waals surface area contributed by atoms with Crippen LogP contribution >= 0.6 is 0 Å². The molecule has 0 bridgehead atoms. The predicted molar refractivity (Wildman–Crippen MR) is 86.9 cm³/mol. The van der Waals surface area contributed by atoms with Crippen LogP contribution in [0.25, 0.3) is 0 Å². The summed E-state index contributed by atoms with van der Waals surface area (Å²) in [6, 6.07) is 6.95. The third-order valence-corrected chi connectivity index (χ3v) is 4.55. The molecule has 0 radical (unpaired) electrons. The zero-order valence-corrected chi connectivity index (χ0v) is 13.9. The number of primary amides is 1. The van der Waals surface area contributed by atoms with Gasteiger partial charge in [0.2, 0.25) is 5.91 Å². The van der Waals surface area contributed by atoms with Crippen LogP contribution in [-0.2, 0) is 14.1 Å². The Hall–Kier alpha value is -1.41. The quantitative estimate of drug-likeness (QED) is 0.675. The molecule has 0 aromatic heterocycles. The lowest BCUT2D eigenvalue weighted by Crippen LogP contribution is -2.41. The van der Waals surface area contributed by atoms with Crippen LogP contribution in [0.3, 0.4) is 0 Å². The summed E-state index contributed by atoms with van der Waals surface area (Å²) in [4.78, 5) is 10.9. The summed E-state index contributed by atoms with van der Waals surface area (Å²) in [6.07, 6.45) is -2.76. The van der Waals surface area contributed by atoms with Crippen molar-refractivity contribution in [3.05, 3.63) is 29.8 Å². The Morgan fingerprint density at radius 3 is 2.30 bits per heavy atom. The van der Waals surface area contributed by atoms with Gasteiger partial charge in [0.1, 0.15) is 6.10 Å². The van der Waals surface area contributed by atoms with E-state index in [1.54, 1.807) is 18.2 Å². The van der Waals surface area contributed by atoms with Crippen molar-refractivity contribution in [2.75, 3.05) is 0 Å². The predicted octanol–water partition coefficient (Wildman–Crippen LogP) is 0.255. The van der Waals surface area contributed by atoms with Crippen LogP contribution in [0.2, 0.25) is 0 Å². The molecule has 2 unspecified atom stereocenters. The van der Waals surface area contributed by atoms with Gasteiger partial charge >= 0.3 is 7.12 Å². The smallest absolute Gasteiger partial charge is 0.399 e. The molecule has 7 heteroatoms. The molecule has 1 aliphatic rings. The molecule has 1 heterocycles. The molecule has 1 fully saturated rings. The molecule has 4 N–H and O–H groups in total. The summed E-state index contributed by atoms with van der Waals surface area (Å²) in [6.45, 7) is 7.84. The van der Waals surface area contributed by atoms with Crippen molar-refractivity contribution in [3.63, 3.8) is 0 Å². The second-order valence-electron chi connectivity index (χ2n) is 6.94. The van der Waals surface area contributed by atoms with E-state index in [-0.39, 0.29) is 6.42 Å². The first-order chi connectivity index (χ1) is 10.5. The summed E-state index contributed by atoms with van der Waals surface area (Å²) in [5.41, 5.74) is 5.35. The maximum absolute atomic E-state index is 10.9. The molecule has 1 amide bonds. The van der Waals surface area contributed by atoms with Crippen LogP contribution in [0.4, 0.5) is 0 Å². The molecule has 1 aliphatic heterocycles. The Balaban J connectivity index is 2.19. The Morgan fingerprint density at radius 1 is 1.22 bits per heavy atom. The first-order valence-corrected chi connectivity index (χ1v) is 7.63. The Kier molecular flexibility index (Phi) is 4.87. The Bertz CT molecular complexity index is 574. The maximum atomic E-state index is 10.9. The number of hydrogen-bond donors (Lipinski definition) is 3. The lowest BCUT2D eigenvalue weighted by atomic mass is 9.78. The number of rotatable bonds is 5. The van der Waals surface area contributed by atoms with Crippen molar-refractivity contribution >= 4 is 18.5 Å². The van der Waals surface area contributed by atoms with Crippen molar-refractivity contribution < 1.29 is 24.3 Å². The zero-order chi connectivity index (χ0) is 17.4. The summed E-state index contributed by atoms with van der Waals surface area (Å²) < 4.78 is 11.9. The second-order valence-corrected chi connectivity index (χ2v) is 6.94. The van der Waals surface area contributed by atoms with Crippen LogP contribution < -0.4 is 11.2 Å². The highest BCUT2D eigenvalue weighted by Crippen LogP contribution is 2.36. The summed E-state index contributed by atoms with van der Waals surface area (Å²) in [5.74, 6) is -0.668. The number of carbonyl (C=O) groups excluding carboxylic acids is 1. The Morgan fingerprint density at radius 2 is 1.78 bits per heavy atom. The van der Waals surface area contributed by atoms with Crippen LogP contribution in [0, 0.1) is 0 Å². The summed E-state index contributed by atoms with van der Waals surface area (Å²) in [7, 11) is -0.555. The van der Waals surface area contributed by atoms with Gasteiger partial charge in [-0.15, -0.1) is 0 Å². The molecule has 1 aromatic rings. The monoisotopic (exact) mass is 321 g/mol. The highest BCUT2D eigenvalue weighted by atomic mass is 16.7. The number of aliphatic hydroxyl groups excluding tert-OH is 2. The molecule has 23 heavy (non-hydrogen) atoms. The number of benzene rings is 1. The molecule has 1 aromatic carbocycles. The van der Waals surface area contributed by atoms with Crippen LogP contribution in [-0.4, -0.2) is 40.5 Å². The van der Waals surface area contributed by atoms with Gasteiger partial charge in [0.25, 0.3) is 0 Å². The van der Waals surface area contributed by atoms with E-state index < -0.39 is 36.4 Å². The minimum atomic E-state index is -1.25. The number of carbonyl (C=O) groups is 1. The van der Waals surface area contributed by atoms with Crippen molar-refractivity contribution in [1.82, 2.24) is 0 Å². The van der Waals surface area contributed by atoms with E-state index in [1.165, 1.54) is 0 Å². The van der Waals surface area contributed by atoms with Gasteiger partial charge in [-0.1, -0.05) is 24.3 Å².